The van der Waals surface area contributed by atoms with Gasteiger partial charge in [0.25, 0.3) is 0 Å². The molecule has 1 aliphatic rings. The van der Waals surface area contributed by atoms with Crippen molar-refractivity contribution in [1.29, 1.82) is 0 Å². The van der Waals surface area contributed by atoms with E-state index in [-0.39, 0.29) is 16.8 Å². The van der Waals surface area contributed by atoms with Gasteiger partial charge in [0.1, 0.15) is 6.04 Å². The van der Waals surface area contributed by atoms with Crippen molar-refractivity contribution < 1.29 is 9.59 Å². The summed E-state index contributed by atoms with van der Waals surface area (Å²) in [6, 6.07) is -0.462. The molecule has 6 heteroatoms. The molecule has 2 unspecified atom stereocenters. The SMILES string of the molecule is CCC(C)(C(=O)NC1CCCNC1=O)C(N)=S. The Hall–Kier alpha value is -1.17. The first-order chi connectivity index (χ1) is 7.91. The maximum Gasteiger partial charge on any atom is 0.242 e. The number of carbonyl (C=O) groups excluding carboxylic acids is 2. The molecule has 96 valence electrons. The monoisotopic (exact) mass is 257 g/mol. The van der Waals surface area contributed by atoms with Crippen LogP contribution in [-0.4, -0.2) is 29.4 Å². The van der Waals surface area contributed by atoms with Crippen molar-refractivity contribution >= 4 is 29.0 Å². The van der Waals surface area contributed by atoms with Crippen LogP contribution in [0.15, 0.2) is 0 Å². The smallest absolute Gasteiger partial charge is 0.242 e. The molecule has 0 saturated carbocycles. The van der Waals surface area contributed by atoms with E-state index in [4.69, 9.17) is 18.0 Å². The third-order valence-electron chi connectivity index (χ3n) is 3.34. The Morgan fingerprint density at radius 2 is 2.35 bits per heavy atom. The number of amides is 2. The van der Waals surface area contributed by atoms with Crippen LogP contribution in [0.2, 0.25) is 0 Å². The Labute approximate surface area is 107 Å². The van der Waals surface area contributed by atoms with Crippen LogP contribution in [-0.2, 0) is 9.59 Å². The Morgan fingerprint density at radius 1 is 1.71 bits per heavy atom. The molecule has 2 atom stereocenters. The highest BCUT2D eigenvalue weighted by Gasteiger charge is 2.37. The molecule has 0 spiro atoms. The summed E-state index contributed by atoms with van der Waals surface area (Å²) in [7, 11) is 0. The summed E-state index contributed by atoms with van der Waals surface area (Å²) in [4.78, 5) is 23.8. The molecule has 0 aliphatic carbocycles. The Balaban J connectivity index is 2.70. The van der Waals surface area contributed by atoms with Gasteiger partial charge >= 0.3 is 0 Å². The van der Waals surface area contributed by atoms with Crippen LogP contribution in [0.3, 0.4) is 0 Å². The van der Waals surface area contributed by atoms with Crippen molar-refractivity contribution in [3.8, 4) is 0 Å². The predicted octanol–water partition coefficient (Wildman–Crippen LogP) is 0.0836. The molecular formula is C11H19N3O2S. The zero-order chi connectivity index (χ0) is 13.1. The summed E-state index contributed by atoms with van der Waals surface area (Å²) >= 11 is 4.92. The third kappa shape index (κ3) is 2.94. The van der Waals surface area contributed by atoms with Gasteiger partial charge in [0, 0.05) is 6.54 Å². The van der Waals surface area contributed by atoms with Gasteiger partial charge in [0.2, 0.25) is 11.8 Å². The van der Waals surface area contributed by atoms with Crippen LogP contribution in [0.1, 0.15) is 33.1 Å². The molecular weight excluding hydrogens is 238 g/mol. The van der Waals surface area contributed by atoms with E-state index in [1.807, 2.05) is 6.92 Å². The number of hydrogen-bond acceptors (Lipinski definition) is 3. The molecule has 0 aromatic carbocycles. The first-order valence-electron chi connectivity index (χ1n) is 5.80. The molecule has 0 radical (unpaired) electrons. The van der Waals surface area contributed by atoms with Crippen LogP contribution >= 0.6 is 12.2 Å². The van der Waals surface area contributed by atoms with Crippen molar-refractivity contribution in [3.05, 3.63) is 0 Å². The number of nitrogens with two attached hydrogens (primary N) is 1. The molecule has 1 heterocycles. The number of piperidine rings is 1. The van der Waals surface area contributed by atoms with Gasteiger partial charge in [0.05, 0.1) is 10.4 Å². The molecule has 0 aromatic rings. The fourth-order valence-corrected chi connectivity index (χ4v) is 1.91. The lowest BCUT2D eigenvalue weighted by Gasteiger charge is -2.30. The van der Waals surface area contributed by atoms with Crippen LogP contribution in [0.4, 0.5) is 0 Å². The maximum atomic E-state index is 12.1. The minimum absolute atomic E-state index is 0.133. The molecule has 0 bridgehead atoms. The second kappa shape index (κ2) is 5.44. The van der Waals surface area contributed by atoms with Crippen LogP contribution in [0, 0.1) is 5.41 Å². The Morgan fingerprint density at radius 3 is 2.82 bits per heavy atom. The second-order valence-electron chi connectivity index (χ2n) is 4.51. The van der Waals surface area contributed by atoms with E-state index < -0.39 is 11.5 Å². The van der Waals surface area contributed by atoms with E-state index in [1.54, 1.807) is 6.92 Å². The summed E-state index contributed by atoms with van der Waals surface area (Å²) in [6.45, 7) is 4.22. The molecule has 0 aromatic heterocycles. The summed E-state index contributed by atoms with van der Waals surface area (Å²) in [5.74, 6) is -0.402. The van der Waals surface area contributed by atoms with E-state index in [2.05, 4.69) is 10.6 Å². The van der Waals surface area contributed by atoms with Crippen LogP contribution in [0.25, 0.3) is 0 Å². The number of thiocarbonyl (C=S) groups is 1. The lowest BCUT2D eigenvalue weighted by molar-refractivity contribution is -0.133. The standard InChI is InChI=1S/C11H19N3O2S/c1-3-11(2,9(12)17)10(16)14-7-5-4-6-13-8(7)15/h7H,3-6H2,1-2H3,(H2,12,17)(H,13,15)(H,14,16). The fourth-order valence-electron chi connectivity index (χ4n) is 1.67. The van der Waals surface area contributed by atoms with Crippen molar-refractivity contribution in [2.45, 2.75) is 39.2 Å². The van der Waals surface area contributed by atoms with E-state index in [0.717, 1.165) is 6.42 Å². The molecule has 4 N–H and O–H groups in total. The summed E-state index contributed by atoms with van der Waals surface area (Å²) in [6.07, 6.45) is 2.05. The highest BCUT2D eigenvalue weighted by molar-refractivity contribution is 7.80. The Kier molecular flexibility index (Phi) is 4.45. The highest BCUT2D eigenvalue weighted by Crippen LogP contribution is 2.22. The number of hydrogen-bond donors (Lipinski definition) is 3. The van der Waals surface area contributed by atoms with Crippen LogP contribution < -0.4 is 16.4 Å². The minimum Gasteiger partial charge on any atom is -0.392 e. The largest absolute Gasteiger partial charge is 0.392 e. The first-order valence-corrected chi connectivity index (χ1v) is 6.21. The van der Waals surface area contributed by atoms with Gasteiger partial charge in [-0.3, -0.25) is 9.59 Å². The molecule has 1 saturated heterocycles. The molecule has 5 nitrogen and oxygen atoms in total. The molecule has 2 amide bonds. The molecule has 1 rings (SSSR count). The zero-order valence-electron chi connectivity index (χ0n) is 10.2. The van der Waals surface area contributed by atoms with Gasteiger partial charge in [-0.2, -0.15) is 0 Å². The average Bonchev–Trinajstić information content (AvgIpc) is 2.30. The van der Waals surface area contributed by atoms with E-state index in [9.17, 15) is 9.59 Å². The normalized spacial score (nSPS) is 23.4. The maximum absolute atomic E-state index is 12.1. The number of nitrogens with one attached hydrogen (secondary N) is 2. The van der Waals surface area contributed by atoms with Crippen LogP contribution in [0.5, 0.6) is 0 Å². The lowest BCUT2D eigenvalue weighted by Crippen LogP contribution is -2.55. The topological polar surface area (TPSA) is 84.2 Å². The zero-order valence-corrected chi connectivity index (χ0v) is 11.0. The van der Waals surface area contributed by atoms with E-state index >= 15 is 0 Å². The molecule has 17 heavy (non-hydrogen) atoms. The van der Waals surface area contributed by atoms with Crippen molar-refractivity contribution in [2.75, 3.05) is 6.54 Å². The van der Waals surface area contributed by atoms with E-state index in [0.29, 0.717) is 19.4 Å². The number of carbonyl (C=O) groups is 2. The van der Waals surface area contributed by atoms with Gasteiger partial charge in [-0.1, -0.05) is 19.1 Å². The van der Waals surface area contributed by atoms with Gasteiger partial charge in [-0.15, -0.1) is 0 Å². The quantitative estimate of drug-likeness (QED) is 0.623. The molecule has 1 fully saturated rings. The van der Waals surface area contributed by atoms with Gasteiger partial charge in [-0.05, 0) is 26.2 Å². The Bertz CT molecular complexity index is 346. The second-order valence-corrected chi connectivity index (χ2v) is 4.95. The number of rotatable bonds is 4. The highest BCUT2D eigenvalue weighted by atomic mass is 32.1. The first kappa shape index (κ1) is 13.9. The van der Waals surface area contributed by atoms with Gasteiger partial charge < -0.3 is 16.4 Å². The van der Waals surface area contributed by atoms with Crippen molar-refractivity contribution in [1.82, 2.24) is 10.6 Å². The van der Waals surface area contributed by atoms with Gasteiger partial charge in [0.15, 0.2) is 0 Å². The summed E-state index contributed by atoms with van der Waals surface area (Å²) < 4.78 is 0. The minimum atomic E-state index is -0.882. The lowest BCUT2D eigenvalue weighted by atomic mass is 9.86. The fraction of sp³-hybridized carbons (Fsp3) is 0.727. The third-order valence-corrected chi connectivity index (χ3v) is 3.79. The average molecular weight is 257 g/mol. The predicted molar refractivity (Wildman–Crippen MR) is 69.4 cm³/mol. The summed E-state index contributed by atoms with van der Waals surface area (Å²) in [5, 5.41) is 5.44. The van der Waals surface area contributed by atoms with Crippen molar-refractivity contribution in [3.63, 3.8) is 0 Å². The molecule has 1 aliphatic heterocycles. The van der Waals surface area contributed by atoms with Gasteiger partial charge in [-0.25, -0.2) is 0 Å². The summed E-state index contributed by atoms with van der Waals surface area (Å²) in [5.41, 5.74) is 4.71. The van der Waals surface area contributed by atoms with E-state index in [1.165, 1.54) is 0 Å². The van der Waals surface area contributed by atoms with Crippen molar-refractivity contribution in [2.24, 2.45) is 11.1 Å².